The molecule has 2 aromatic heterocycles. The molecule has 0 spiro atoms. The molecule has 0 bridgehead atoms. The largest absolute Gasteiger partial charge is 0.355 e. The summed E-state index contributed by atoms with van der Waals surface area (Å²) in [7, 11) is 0. The van der Waals surface area contributed by atoms with Gasteiger partial charge in [0.1, 0.15) is 23.2 Å². The molecule has 1 atom stereocenters. The summed E-state index contributed by atoms with van der Waals surface area (Å²) in [5.74, 6) is 0.0528. The summed E-state index contributed by atoms with van der Waals surface area (Å²) in [4.78, 5) is 42.8. The van der Waals surface area contributed by atoms with Gasteiger partial charge in [0.25, 0.3) is 5.91 Å². The van der Waals surface area contributed by atoms with E-state index in [2.05, 4.69) is 35.5 Å². The van der Waals surface area contributed by atoms with Crippen molar-refractivity contribution in [3.63, 3.8) is 0 Å². The number of imidazole rings is 1. The number of halogens is 1. The van der Waals surface area contributed by atoms with Crippen molar-refractivity contribution in [2.24, 2.45) is 5.92 Å². The first-order valence-electron chi connectivity index (χ1n) is 9.82. The molecule has 0 unspecified atom stereocenters. The Morgan fingerprint density at radius 3 is 2.57 bits per heavy atom. The Balaban J connectivity index is 1.39. The average Bonchev–Trinajstić information content (AvgIpc) is 3.34. The highest BCUT2D eigenvalue weighted by molar-refractivity contribution is 6.07. The maximum absolute atomic E-state index is 13.3. The van der Waals surface area contributed by atoms with Crippen molar-refractivity contribution in [1.82, 2.24) is 30.6 Å². The number of anilines is 1. The van der Waals surface area contributed by atoms with E-state index in [1.165, 1.54) is 18.5 Å². The lowest BCUT2D eigenvalue weighted by Gasteiger charge is -2.41. The van der Waals surface area contributed by atoms with Crippen LogP contribution in [0.3, 0.4) is 0 Å². The van der Waals surface area contributed by atoms with E-state index < -0.39 is 11.6 Å². The number of nitrogens with one attached hydrogen (secondary N) is 3. The molecule has 1 aromatic carbocycles. The van der Waals surface area contributed by atoms with E-state index in [0.717, 1.165) is 16.9 Å². The zero-order valence-electron chi connectivity index (χ0n) is 16.1. The van der Waals surface area contributed by atoms with E-state index in [-0.39, 0.29) is 17.6 Å². The zero-order valence-corrected chi connectivity index (χ0v) is 16.1. The number of carbonyl (C=O) groups is 2. The first-order chi connectivity index (χ1) is 14.5. The van der Waals surface area contributed by atoms with E-state index in [1.54, 1.807) is 18.5 Å². The lowest BCUT2D eigenvalue weighted by molar-refractivity contribution is -0.126. The Kier molecular flexibility index (Phi) is 4.34. The maximum Gasteiger partial charge on any atom is 0.322 e. The Labute approximate surface area is 171 Å². The number of amides is 3. The molecule has 0 saturated carbocycles. The van der Waals surface area contributed by atoms with Crippen molar-refractivity contribution in [1.29, 1.82) is 0 Å². The number of hydrogen-bond donors (Lipinski definition) is 3. The molecule has 0 radical (unpaired) electrons. The Bertz CT molecular complexity index is 1110. The fourth-order valence-corrected chi connectivity index (χ4v) is 4.56. The number of H-pyrrole nitrogens is 1. The van der Waals surface area contributed by atoms with Crippen LogP contribution in [-0.4, -0.2) is 50.5 Å². The SMILES string of the molecule is O=C1NC(=O)[C@](Cc2ccc(F)cc2)(C2CCN(c3ncnc4nc[nH]c34)CC2)N1. The van der Waals surface area contributed by atoms with Gasteiger partial charge in [-0.1, -0.05) is 12.1 Å². The Hall–Kier alpha value is -3.56. The molecule has 4 heterocycles. The number of imide groups is 1. The smallest absolute Gasteiger partial charge is 0.322 e. The number of benzene rings is 1. The zero-order chi connectivity index (χ0) is 20.7. The summed E-state index contributed by atoms with van der Waals surface area (Å²) in [6.45, 7) is 1.34. The topological polar surface area (TPSA) is 116 Å². The molecular formula is C20H20FN7O2. The minimum Gasteiger partial charge on any atom is -0.355 e. The standard InChI is InChI=1S/C20H20FN7O2/c21-14-3-1-12(2-4-14)9-20(18(29)26-19(30)27-20)13-5-7-28(8-6-13)17-15-16(23-10-22-15)24-11-25-17/h1-4,10-11,13H,5-9H2,(H,22,23,24,25)(H2,26,27,29,30)/t20-/m0/s1. The molecule has 0 aliphatic carbocycles. The van der Waals surface area contributed by atoms with Crippen LogP contribution in [0, 0.1) is 11.7 Å². The van der Waals surface area contributed by atoms with Gasteiger partial charge in [-0.05, 0) is 36.5 Å². The number of nitrogens with zero attached hydrogens (tertiary/aromatic N) is 4. The van der Waals surface area contributed by atoms with Gasteiger partial charge in [0.15, 0.2) is 11.5 Å². The van der Waals surface area contributed by atoms with Crippen LogP contribution in [0.2, 0.25) is 0 Å². The van der Waals surface area contributed by atoms with Gasteiger partial charge >= 0.3 is 6.03 Å². The maximum atomic E-state index is 13.3. The van der Waals surface area contributed by atoms with Crippen molar-refractivity contribution in [3.05, 3.63) is 48.3 Å². The fraction of sp³-hybridized carbons (Fsp3) is 0.350. The van der Waals surface area contributed by atoms with Crippen LogP contribution in [0.15, 0.2) is 36.9 Å². The Morgan fingerprint density at radius 1 is 1.10 bits per heavy atom. The minimum atomic E-state index is -1.05. The van der Waals surface area contributed by atoms with Crippen molar-refractivity contribution in [2.75, 3.05) is 18.0 Å². The van der Waals surface area contributed by atoms with Crippen molar-refractivity contribution >= 4 is 28.9 Å². The molecule has 2 aliphatic rings. The van der Waals surface area contributed by atoms with Crippen LogP contribution >= 0.6 is 0 Å². The number of aromatic nitrogens is 4. The predicted octanol–water partition coefficient (Wildman–Crippen LogP) is 1.53. The number of rotatable bonds is 4. The lowest BCUT2D eigenvalue weighted by atomic mass is 9.74. The highest BCUT2D eigenvalue weighted by atomic mass is 19.1. The first kappa shape index (κ1) is 18.5. The molecule has 3 amide bonds. The van der Waals surface area contributed by atoms with Crippen LogP contribution in [0.4, 0.5) is 15.0 Å². The van der Waals surface area contributed by atoms with Crippen LogP contribution < -0.4 is 15.5 Å². The first-order valence-corrected chi connectivity index (χ1v) is 9.82. The van der Waals surface area contributed by atoms with Crippen LogP contribution in [-0.2, 0) is 11.2 Å². The summed E-state index contributed by atoms with van der Waals surface area (Å²) in [6, 6.07) is 5.55. The van der Waals surface area contributed by atoms with E-state index >= 15 is 0 Å². The number of hydrogen-bond acceptors (Lipinski definition) is 6. The predicted molar refractivity (Wildman–Crippen MR) is 106 cm³/mol. The fourth-order valence-electron chi connectivity index (χ4n) is 4.56. The molecule has 2 aliphatic heterocycles. The molecule has 2 fully saturated rings. The van der Waals surface area contributed by atoms with Gasteiger partial charge in [-0.3, -0.25) is 10.1 Å². The van der Waals surface area contributed by atoms with Crippen LogP contribution in [0.1, 0.15) is 18.4 Å². The number of fused-ring (bicyclic) bond motifs is 1. The van der Waals surface area contributed by atoms with Gasteiger partial charge in [-0.15, -0.1) is 0 Å². The van der Waals surface area contributed by atoms with Gasteiger partial charge in [0, 0.05) is 19.5 Å². The summed E-state index contributed by atoms with van der Waals surface area (Å²) in [5, 5.41) is 5.27. The second-order valence-electron chi connectivity index (χ2n) is 7.74. The molecule has 30 heavy (non-hydrogen) atoms. The van der Waals surface area contributed by atoms with E-state index in [1.807, 2.05) is 0 Å². The Morgan fingerprint density at radius 2 is 1.87 bits per heavy atom. The normalized spacial score (nSPS) is 22.4. The van der Waals surface area contributed by atoms with Gasteiger partial charge in [0.05, 0.1) is 6.33 Å². The molecule has 3 N–H and O–H groups in total. The van der Waals surface area contributed by atoms with E-state index in [0.29, 0.717) is 38.0 Å². The second kappa shape index (κ2) is 7.05. The third-order valence-electron chi connectivity index (χ3n) is 6.06. The third-order valence-corrected chi connectivity index (χ3v) is 6.06. The summed E-state index contributed by atoms with van der Waals surface area (Å²) in [6.07, 6.45) is 4.77. The monoisotopic (exact) mass is 409 g/mol. The van der Waals surface area contributed by atoms with E-state index in [4.69, 9.17) is 0 Å². The number of piperidine rings is 1. The van der Waals surface area contributed by atoms with Crippen molar-refractivity contribution in [3.8, 4) is 0 Å². The van der Waals surface area contributed by atoms with Gasteiger partial charge in [-0.2, -0.15) is 0 Å². The number of aromatic amines is 1. The quantitative estimate of drug-likeness (QED) is 0.563. The molecule has 154 valence electrons. The molecule has 10 heteroatoms. The minimum absolute atomic E-state index is 0.0654. The number of urea groups is 1. The highest BCUT2D eigenvalue weighted by Crippen LogP contribution is 2.35. The molecule has 5 rings (SSSR count). The average molecular weight is 409 g/mol. The molecule has 2 saturated heterocycles. The third kappa shape index (κ3) is 3.04. The summed E-state index contributed by atoms with van der Waals surface area (Å²) < 4.78 is 13.3. The van der Waals surface area contributed by atoms with Gasteiger partial charge < -0.3 is 15.2 Å². The molecule has 3 aromatic rings. The van der Waals surface area contributed by atoms with E-state index in [9.17, 15) is 14.0 Å². The summed E-state index contributed by atoms with van der Waals surface area (Å²) >= 11 is 0. The van der Waals surface area contributed by atoms with Gasteiger partial charge in [-0.25, -0.2) is 24.1 Å². The van der Waals surface area contributed by atoms with Crippen LogP contribution in [0.25, 0.3) is 11.2 Å². The van der Waals surface area contributed by atoms with Crippen molar-refractivity contribution < 1.29 is 14.0 Å². The molecular weight excluding hydrogens is 389 g/mol. The van der Waals surface area contributed by atoms with Crippen LogP contribution in [0.5, 0.6) is 0 Å². The molecule has 9 nitrogen and oxygen atoms in total. The number of carbonyl (C=O) groups excluding carboxylic acids is 2. The van der Waals surface area contributed by atoms with Gasteiger partial charge in [0.2, 0.25) is 0 Å². The second-order valence-corrected chi connectivity index (χ2v) is 7.74. The summed E-state index contributed by atoms with van der Waals surface area (Å²) in [5.41, 5.74) is 1.14. The van der Waals surface area contributed by atoms with Crippen molar-refractivity contribution in [2.45, 2.75) is 24.8 Å². The lowest BCUT2D eigenvalue weighted by Crippen LogP contribution is -2.57. The highest BCUT2D eigenvalue weighted by Gasteiger charge is 2.52.